The van der Waals surface area contributed by atoms with Gasteiger partial charge in [-0.3, -0.25) is 10.1 Å². The van der Waals surface area contributed by atoms with Crippen molar-refractivity contribution >= 4 is 15.7 Å². The van der Waals surface area contributed by atoms with Gasteiger partial charge in [-0.15, -0.1) is 0 Å². The molecule has 0 amide bonds. The van der Waals surface area contributed by atoms with Gasteiger partial charge in [0.05, 0.1) is 15.9 Å². The summed E-state index contributed by atoms with van der Waals surface area (Å²) < 4.78 is 25.4. The van der Waals surface area contributed by atoms with Gasteiger partial charge in [0, 0.05) is 17.5 Å². The molecule has 8 heteroatoms. The maximum absolute atomic E-state index is 11.7. The minimum Gasteiger partial charge on any atom is -0.393 e. The van der Waals surface area contributed by atoms with Gasteiger partial charge in [-0.1, -0.05) is 19.9 Å². The van der Waals surface area contributed by atoms with Crippen molar-refractivity contribution in [3.63, 3.8) is 0 Å². The van der Waals surface area contributed by atoms with E-state index >= 15 is 0 Å². The summed E-state index contributed by atoms with van der Waals surface area (Å²) in [6.07, 6.45) is -0.269. The molecule has 2 unspecified atom stereocenters. The third-order valence-electron chi connectivity index (χ3n) is 3.26. The molecule has 1 aromatic rings. The Hall–Kier alpha value is -1.51. The second kappa shape index (κ2) is 6.29. The Kier molecular flexibility index (Phi) is 5.21. The summed E-state index contributed by atoms with van der Waals surface area (Å²) in [5, 5.41) is 20.9. The molecule has 1 aromatic carbocycles. The first kappa shape index (κ1) is 16.5. The number of nitro groups is 1. The number of sulfonamides is 1. The van der Waals surface area contributed by atoms with Crippen LogP contribution in [0.3, 0.4) is 0 Å². The van der Waals surface area contributed by atoms with E-state index in [1.165, 1.54) is 19.2 Å². The lowest BCUT2D eigenvalue weighted by molar-refractivity contribution is -0.386. The van der Waals surface area contributed by atoms with Gasteiger partial charge in [0.1, 0.15) is 0 Å². The highest BCUT2D eigenvalue weighted by molar-refractivity contribution is 7.89. The predicted molar refractivity (Wildman–Crippen MR) is 74.1 cm³/mol. The molecule has 112 valence electrons. The molecule has 0 aliphatic rings. The number of rotatable bonds is 6. The molecule has 1 rings (SSSR count). The van der Waals surface area contributed by atoms with Crippen molar-refractivity contribution in [1.29, 1.82) is 0 Å². The molecule has 2 N–H and O–H groups in total. The molecule has 0 aromatic heterocycles. The molecule has 20 heavy (non-hydrogen) atoms. The van der Waals surface area contributed by atoms with Gasteiger partial charge in [-0.05, 0) is 19.5 Å². The first-order chi connectivity index (χ1) is 9.24. The molecule has 0 fully saturated rings. The summed E-state index contributed by atoms with van der Waals surface area (Å²) >= 11 is 0. The molecule has 0 aliphatic heterocycles. The van der Waals surface area contributed by atoms with Crippen LogP contribution in [0.2, 0.25) is 0 Å². The van der Waals surface area contributed by atoms with Crippen LogP contribution >= 0.6 is 0 Å². The number of hydrogen-bond donors (Lipinski definition) is 2. The van der Waals surface area contributed by atoms with Crippen LogP contribution < -0.4 is 4.72 Å². The van der Waals surface area contributed by atoms with E-state index in [9.17, 15) is 23.6 Å². The number of aliphatic hydroxyl groups excluding tert-OH is 1. The predicted octanol–water partition coefficient (Wildman–Crippen LogP) is 1.38. The Balaban J connectivity index is 3.39. The zero-order valence-electron chi connectivity index (χ0n) is 11.5. The Morgan fingerprint density at radius 1 is 1.45 bits per heavy atom. The van der Waals surface area contributed by atoms with E-state index < -0.39 is 27.0 Å². The highest BCUT2D eigenvalue weighted by Crippen LogP contribution is 2.31. The number of nitrogens with one attached hydrogen (secondary N) is 1. The molecule has 7 nitrogen and oxygen atoms in total. The molecule has 0 aliphatic carbocycles. The Morgan fingerprint density at radius 2 is 2.05 bits per heavy atom. The fourth-order valence-electron chi connectivity index (χ4n) is 1.91. The fraction of sp³-hybridized carbons (Fsp3) is 0.500. The van der Waals surface area contributed by atoms with Crippen molar-refractivity contribution in [2.24, 2.45) is 0 Å². The number of nitro benzene ring substituents is 1. The maximum atomic E-state index is 11.7. The van der Waals surface area contributed by atoms with Crippen LogP contribution in [0.25, 0.3) is 0 Å². The minimum atomic E-state index is -3.74. The van der Waals surface area contributed by atoms with E-state index in [4.69, 9.17) is 0 Å². The zero-order chi connectivity index (χ0) is 15.5. The molecular weight excluding hydrogens is 284 g/mol. The lowest BCUT2D eigenvalue weighted by Gasteiger charge is -2.18. The molecule has 0 heterocycles. The Morgan fingerprint density at radius 3 is 2.50 bits per heavy atom. The molecule has 0 saturated heterocycles. The van der Waals surface area contributed by atoms with Crippen LogP contribution in [0.15, 0.2) is 23.1 Å². The van der Waals surface area contributed by atoms with Crippen molar-refractivity contribution in [3.8, 4) is 0 Å². The number of benzene rings is 1. The maximum Gasteiger partial charge on any atom is 0.274 e. The summed E-state index contributed by atoms with van der Waals surface area (Å²) in [5.41, 5.74) is 0.0146. The lowest BCUT2D eigenvalue weighted by atomic mass is 9.92. The fourth-order valence-corrected chi connectivity index (χ4v) is 2.66. The third-order valence-corrected chi connectivity index (χ3v) is 4.68. The molecule has 0 spiro atoms. The summed E-state index contributed by atoms with van der Waals surface area (Å²) in [6, 6.07) is 3.69. The van der Waals surface area contributed by atoms with Crippen LogP contribution in [0.5, 0.6) is 0 Å². The van der Waals surface area contributed by atoms with Gasteiger partial charge < -0.3 is 5.11 Å². The summed E-state index contributed by atoms with van der Waals surface area (Å²) in [5.74, 6) is -0.452. The van der Waals surface area contributed by atoms with Crippen molar-refractivity contribution < 1.29 is 18.4 Å². The normalized spacial score (nSPS) is 14.8. The average Bonchev–Trinajstić information content (AvgIpc) is 2.44. The highest BCUT2D eigenvalue weighted by Gasteiger charge is 2.26. The minimum absolute atomic E-state index is 0.173. The first-order valence-electron chi connectivity index (χ1n) is 6.14. The molecule has 2 atom stereocenters. The highest BCUT2D eigenvalue weighted by atomic mass is 32.2. The number of nitrogens with zero attached hydrogens (tertiary/aromatic N) is 1. The van der Waals surface area contributed by atoms with Gasteiger partial charge in [-0.25, -0.2) is 13.1 Å². The largest absolute Gasteiger partial charge is 0.393 e. The lowest BCUT2D eigenvalue weighted by Crippen LogP contribution is -2.20. The second-order valence-electron chi connectivity index (χ2n) is 4.45. The van der Waals surface area contributed by atoms with Crippen molar-refractivity contribution in [2.45, 2.75) is 37.2 Å². The Bertz CT molecular complexity index is 600. The monoisotopic (exact) mass is 302 g/mol. The van der Waals surface area contributed by atoms with E-state index in [-0.39, 0.29) is 10.6 Å². The van der Waals surface area contributed by atoms with Crippen LogP contribution in [0.1, 0.15) is 31.7 Å². The van der Waals surface area contributed by atoms with Gasteiger partial charge in [0.25, 0.3) is 5.69 Å². The third kappa shape index (κ3) is 3.33. The van der Waals surface area contributed by atoms with E-state index in [0.29, 0.717) is 12.0 Å². The van der Waals surface area contributed by atoms with Crippen LogP contribution in [-0.2, 0) is 10.0 Å². The van der Waals surface area contributed by atoms with Crippen LogP contribution in [0.4, 0.5) is 5.69 Å². The van der Waals surface area contributed by atoms with Gasteiger partial charge in [0.15, 0.2) is 0 Å². The summed E-state index contributed by atoms with van der Waals surface area (Å²) in [6.45, 7) is 3.44. The van der Waals surface area contributed by atoms with Crippen LogP contribution in [0, 0.1) is 10.1 Å². The first-order valence-corrected chi connectivity index (χ1v) is 7.62. The van der Waals surface area contributed by atoms with E-state index in [1.807, 2.05) is 0 Å². The zero-order valence-corrected chi connectivity index (χ0v) is 12.3. The second-order valence-corrected chi connectivity index (χ2v) is 6.34. The van der Waals surface area contributed by atoms with E-state index in [2.05, 4.69) is 4.72 Å². The van der Waals surface area contributed by atoms with Crippen molar-refractivity contribution in [3.05, 3.63) is 33.9 Å². The molecule has 0 bridgehead atoms. The van der Waals surface area contributed by atoms with Gasteiger partial charge in [-0.2, -0.15) is 0 Å². The van der Waals surface area contributed by atoms with E-state index in [0.717, 1.165) is 6.07 Å². The smallest absolute Gasteiger partial charge is 0.274 e. The van der Waals surface area contributed by atoms with Gasteiger partial charge in [0.2, 0.25) is 10.0 Å². The Labute approximate surface area is 117 Å². The van der Waals surface area contributed by atoms with Crippen molar-refractivity contribution in [2.75, 3.05) is 7.05 Å². The molecule has 0 saturated carbocycles. The number of hydrogen-bond acceptors (Lipinski definition) is 5. The SMILES string of the molecule is CCC(O)C(C)c1ccc(S(=O)(=O)NC)cc1[N+](=O)[O-]. The van der Waals surface area contributed by atoms with Crippen LogP contribution in [-0.4, -0.2) is 31.6 Å². The molecule has 0 radical (unpaired) electrons. The topological polar surface area (TPSA) is 110 Å². The van der Waals surface area contributed by atoms with Crippen molar-refractivity contribution in [1.82, 2.24) is 4.72 Å². The summed E-state index contributed by atoms with van der Waals surface area (Å²) in [4.78, 5) is 10.3. The summed E-state index contributed by atoms with van der Waals surface area (Å²) in [7, 11) is -2.50. The number of aliphatic hydroxyl groups is 1. The van der Waals surface area contributed by atoms with E-state index in [1.54, 1.807) is 13.8 Å². The standard InChI is InChI=1S/C12H18N2O5S/c1-4-12(15)8(2)10-6-5-9(20(18,19)13-3)7-11(10)14(16)17/h5-8,12-13,15H,4H2,1-3H3. The molecular formula is C12H18N2O5S. The average molecular weight is 302 g/mol. The van der Waals surface area contributed by atoms with Gasteiger partial charge >= 0.3 is 0 Å². The quantitative estimate of drug-likeness (QED) is 0.609.